The van der Waals surface area contributed by atoms with Crippen molar-refractivity contribution in [1.29, 1.82) is 0 Å². The Morgan fingerprint density at radius 2 is 1.90 bits per heavy atom. The molecule has 1 aromatic carbocycles. The molecule has 1 aromatic rings. The van der Waals surface area contributed by atoms with Crippen LogP contribution in [0, 0.1) is 6.92 Å². The smallest absolute Gasteiger partial charge is 0.122 e. The Morgan fingerprint density at radius 3 is 2.45 bits per heavy atom. The minimum Gasteiger partial charge on any atom is -0.493 e. The van der Waals surface area contributed by atoms with Crippen molar-refractivity contribution in [3.63, 3.8) is 0 Å². The molecular formula is C17H29NO2. The van der Waals surface area contributed by atoms with Gasteiger partial charge in [-0.05, 0) is 36.5 Å². The minimum absolute atomic E-state index is 0.101. The molecule has 1 atom stereocenters. The third-order valence-electron chi connectivity index (χ3n) is 3.39. The summed E-state index contributed by atoms with van der Waals surface area (Å²) in [6, 6.07) is 6.87. The van der Waals surface area contributed by atoms with E-state index in [1.54, 1.807) is 0 Å². The lowest BCUT2D eigenvalue weighted by Gasteiger charge is -2.20. The molecule has 3 nitrogen and oxygen atoms in total. The van der Waals surface area contributed by atoms with Gasteiger partial charge in [-0.25, -0.2) is 0 Å². The third kappa shape index (κ3) is 5.51. The van der Waals surface area contributed by atoms with Gasteiger partial charge in [0.25, 0.3) is 0 Å². The zero-order valence-corrected chi connectivity index (χ0v) is 13.4. The van der Waals surface area contributed by atoms with Gasteiger partial charge in [0.1, 0.15) is 5.75 Å². The van der Waals surface area contributed by atoms with Gasteiger partial charge in [-0.1, -0.05) is 39.8 Å². The number of aliphatic hydroxyl groups excluding tert-OH is 1. The molecule has 3 heteroatoms. The fraction of sp³-hybridized carbons (Fsp3) is 0.647. The van der Waals surface area contributed by atoms with Gasteiger partial charge >= 0.3 is 0 Å². The highest BCUT2D eigenvalue weighted by Gasteiger charge is 2.10. The summed E-state index contributed by atoms with van der Waals surface area (Å²) in [7, 11) is 0. The van der Waals surface area contributed by atoms with Crippen molar-refractivity contribution in [1.82, 2.24) is 5.32 Å². The lowest BCUT2D eigenvalue weighted by atomic mass is 10.0. The van der Waals surface area contributed by atoms with Gasteiger partial charge < -0.3 is 15.2 Å². The van der Waals surface area contributed by atoms with Gasteiger partial charge in [0.15, 0.2) is 0 Å². The molecule has 0 aliphatic carbocycles. The zero-order chi connectivity index (χ0) is 15.1. The fourth-order valence-corrected chi connectivity index (χ4v) is 2.14. The molecular weight excluding hydrogens is 250 g/mol. The molecule has 0 aliphatic heterocycles. The number of benzene rings is 1. The van der Waals surface area contributed by atoms with E-state index >= 15 is 0 Å². The molecule has 0 saturated heterocycles. The standard InChI is InChI=1S/C17H29NO2/c1-12(2)15-7-6-14(5)17(10-15)20-9-8-16(11-19)18-13(3)4/h6-7,10,12-13,16,18-19H,8-9,11H2,1-5H3. The number of nitrogens with one attached hydrogen (secondary N) is 1. The first-order chi connectivity index (χ1) is 9.43. The Balaban J connectivity index is 2.54. The number of aryl methyl sites for hydroxylation is 1. The summed E-state index contributed by atoms with van der Waals surface area (Å²) < 4.78 is 5.89. The molecule has 114 valence electrons. The van der Waals surface area contributed by atoms with Gasteiger partial charge in [-0.15, -0.1) is 0 Å². The SMILES string of the molecule is Cc1ccc(C(C)C)cc1OCCC(CO)NC(C)C. The highest BCUT2D eigenvalue weighted by atomic mass is 16.5. The van der Waals surface area contributed by atoms with E-state index in [-0.39, 0.29) is 12.6 Å². The van der Waals surface area contributed by atoms with Crippen molar-refractivity contribution >= 4 is 0 Å². The highest BCUT2D eigenvalue weighted by molar-refractivity contribution is 5.37. The summed E-state index contributed by atoms with van der Waals surface area (Å²) in [5.41, 5.74) is 2.45. The lowest BCUT2D eigenvalue weighted by molar-refractivity contribution is 0.202. The minimum atomic E-state index is 0.101. The van der Waals surface area contributed by atoms with Crippen LogP contribution in [0.15, 0.2) is 18.2 Å². The summed E-state index contributed by atoms with van der Waals surface area (Å²) in [5, 5.41) is 12.7. The highest BCUT2D eigenvalue weighted by Crippen LogP contribution is 2.24. The second-order valence-corrected chi connectivity index (χ2v) is 6.02. The quantitative estimate of drug-likeness (QED) is 0.767. The van der Waals surface area contributed by atoms with Gasteiger partial charge in [-0.2, -0.15) is 0 Å². The lowest BCUT2D eigenvalue weighted by Crippen LogP contribution is -2.38. The number of hydrogen-bond donors (Lipinski definition) is 2. The number of aliphatic hydroxyl groups is 1. The van der Waals surface area contributed by atoms with Gasteiger partial charge in [0.05, 0.1) is 13.2 Å². The second kappa shape index (κ2) is 8.28. The number of ether oxygens (including phenoxy) is 1. The van der Waals surface area contributed by atoms with Crippen LogP contribution in [0.1, 0.15) is 51.2 Å². The molecule has 0 spiro atoms. The fourth-order valence-electron chi connectivity index (χ4n) is 2.14. The van der Waals surface area contributed by atoms with Crippen LogP contribution in [0.2, 0.25) is 0 Å². The maximum absolute atomic E-state index is 9.33. The predicted molar refractivity (Wildman–Crippen MR) is 84.5 cm³/mol. The first-order valence-electron chi connectivity index (χ1n) is 7.54. The van der Waals surface area contributed by atoms with Crippen LogP contribution in [0.5, 0.6) is 5.75 Å². The summed E-state index contributed by atoms with van der Waals surface area (Å²) in [5.74, 6) is 1.46. The van der Waals surface area contributed by atoms with E-state index in [9.17, 15) is 5.11 Å². The van der Waals surface area contributed by atoms with Crippen molar-refractivity contribution < 1.29 is 9.84 Å². The van der Waals surface area contributed by atoms with E-state index in [0.29, 0.717) is 18.6 Å². The Hall–Kier alpha value is -1.06. The van der Waals surface area contributed by atoms with Crippen molar-refractivity contribution in [3.8, 4) is 5.75 Å². The summed E-state index contributed by atoms with van der Waals surface area (Å²) in [6.45, 7) is 11.4. The average Bonchev–Trinajstić information content (AvgIpc) is 2.38. The molecule has 0 amide bonds. The van der Waals surface area contributed by atoms with Crippen LogP contribution >= 0.6 is 0 Å². The maximum Gasteiger partial charge on any atom is 0.122 e. The average molecular weight is 279 g/mol. The third-order valence-corrected chi connectivity index (χ3v) is 3.39. The largest absolute Gasteiger partial charge is 0.493 e. The molecule has 0 radical (unpaired) electrons. The topological polar surface area (TPSA) is 41.5 Å². The van der Waals surface area contributed by atoms with E-state index < -0.39 is 0 Å². The summed E-state index contributed by atoms with van der Waals surface area (Å²) in [4.78, 5) is 0. The Bertz CT molecular complexity index is 402. The monoisotopic (exact) mass is 279 g/mol. The first-order valence-corrected chi connectivity index (χ1v) is 7.54. The van der Waals surface area contributed by atoms with Crippen LogP contribution < -0.4 is 10.1 Å². The molecule has 0 heterocycles. The molecule has 0 bridgehead atoms. The Kier molecular flexibility index (Phi) is 7.03. The molecule has 20 heavy (non-hydrogen) atoms. The molecule has 0 fully saturated rings. The Labute approximate surface area is 123 Å². The molecule has 0 saturated carbocycles. The van der Waals surface area contributed by atoms with E-state index in [0.717, 1.165) is 17.7 Å². The van der Waals surface area contributed by atoms with Crippen LogP contribution in [0.4, 0.5) is 0 Å². The number of rotatable bonds is 8. The molecule has 0 aromatic heterocycles. The summed E-state index contributed by atoms with van der Waals surface area (Å²) >= 11 is 0. The first kappa shape index (κ1) is 17.0. The van der Waals surface area contributed by atoms with Crippen molar-refractivity contribution in [2.24, 2.45) is 0 Å². The predicted octanol–water partition coefficient (Wildman–Crippen LogP) is 3.25. The van der Waals surface area contributed by atoms with E-state index in [1.807, 2.05) is 0 Å². The van der Waals surface area contributed by atoms with Gasteiger partial charge in [-0.3, -0.25) is 0 Å². The van der Waals surface area contributed by atoms with E-state index in [1.165, 1.54) is 5.56 Å². The molecule has 0 aliphatic rings. The summed E-state index contributed by atoms with van der Waals surface area (Å²) in [6.07, 6.45) is 0.806. The van der Waals surface area contributed by atoms with Crippen LogP contribution in [0.3, 0.4) is 0 Å². The van der Waals surface area contributed by atoms with Crippen LogP contribution in [0.25, 0.3) is 0 Å². The second-order valence-electron chi connectivity index (χ2n) is 6.02. The molecule has 1 rings (SSSR count). The molecule has 2 N–H and O–H groups in total. The normalized spacial score (nSPS) is 13.0. The van der Waals surface area contributed by atoms with E-state index in [4.69, 9.17) is 4.74 Å². The van der Waals surface area contributed by atoms with Gasteiger partial charge in [0, 0.05) is 12.1 Å². The van der Waals surface area contributed by atoms with Crippen LogP contribution in [-0.2, 0) is 0 Å². The van der Waals surface area contributed by atoms with Crippen molar-refractivity contribution in [2.45, 2.75) is 59.0 Å². The van der Waals surface area contributed by atoms with Crippen LogP contribution in [-0.4, -0.2) is 30.4 Å². The molecule has 1 unspecified atom stereocenters. The Morgan fingerprint density at radius 1 is 1.20 bits per heavy atom. The zero-order valence-electron chi connectivity index (χ0n) is 13.4. The van der Waals surface area contributed by atoms with E-state index in [2.05, 4.69) is 58.1 Å². The van der Waals surface area contributed by atoms with Crippen molar-refractivity contribution in [3.05, 3.63) is 29.3 Å². The van der Waals surface area contributed by atoms with Gasteiger partial charge in [0.2, 0.25) is 0 Å². The number of hydrogen-bond acceptors (Lipinski definition) is 3. The maximum atomic E-state index is 9.33. The van der Waals surface area contributed by atoms with Crippen molar-refractivity contribution in [2.75, 3.05) is 13.2 Å².